The van der Waals surface area contributed by atoms with Gasteiger partial charge in [-0.25, -0.2) is 9.97 Å². The van der Waals surface area contributed by atoms with Crippen LogP contribution in [0.2, 0.25) is 0 Å². The number of aromatic nitrogens is 2. The lowest BCUT2D eigenvalue weighted by Crippen LogP contribution is -2.50. The number of hydrogen-bond donors (Lipinski definition) is 1. The summed E-state index contributed by atoms with van der Waals surface area (Å²) in [5.41, 5.74) is -0.570. The lowest BCUT2D eigenvalue weighted by atomic mass is 9.69. The number of fused-ring (bicyclic) bond motifs is 1. The number of amides is 1. The van der Waals surface area contributed by atoms with E-state index in [4.69, 9.17) is 0 Å². The molecule has 0 bridgehead atoms. The molecule has 0 radical (unpaired) electrons. The van der Waals surface area contributed by atoms with Gasteiger partial charge in [-0.2, -0.15) is 0 Å². The van der Waals surface area contributed by atoms with Crippen LogP contribution in [0.1, 0.15) is 32.6 Å². The van der Waals surface area contributed by atoms with Crippen molar-refractivity contribution < 1.29 is 9.90 Å². The minimum atomic E-state index is -0.570. The van der Waals surface area contributed by atoms with Crippen molar-refractivity contribution in [3.05, 3.63) is 18.5 Å². The Morgan fingerprint density at radius 1 is 1.22 bits per heavy atom. The van der Waals surface area contributed by atoms with E-state index in [0.29, 0.717) is 12.5 Å². The number of carbonyl (C=O) groups is 1. The molecule has 1 saturated carbocycles. The lowest BCUT2D eigenvalue weighted by molar-refractivity contribution is -0.132. The van der Waals surface area contributed by atoms with Crippen molar-refractivity contribution in [2.24, 2.45) is 11.8 Å². The Kier molecular flexibility index (Phi) is 5.32. The highest BCUT2D eigenvalue weighted by molar-refractivity contribution is 5.78. The van der Waals surface area contributed by atoms with Crippen LogP contribution in [0.5, 0.6) is 0 Å². The Morgan fingerprint density at radius 3 is 2.67 bits per heavy atom. The number of rotatable bonds is 4. The molecule has 148 valence electrons. The fourth-order valence-corrected chi connectivity index (χ4v) is 5.12. The van der Waals surface area contributed by atoms with E-state index in [-0.39, 0.29) is 11.8 Å². The Balaban J connectivity index is 1.29. The van der Waals surface area contributed by atoms with Gasteiger partial charge < -0.3 is 14.9 Å². The summed E-state index contributed by atoms with van der Waals surface area (Å²) in [5.74, 6) is 1.71. The fourth-order valence-electron chi connectivity index (χ4n) is 5.12. The summed E-state index contributed by atoms with van der Waals surface area (Å²) in [6.45, 7) is 7.50. The summed E-state index contributed by atoms with van der Waals surface area (Å²) in [4.78, 5) is 27.9. The average Bonchev–Trinajstić information content (AvgIpc) is 3.16. The second-order valence-electron chi connectivity index (χ2n) is 8.33. The van der Waals surface area contributed by atoms with Gasteiger partial charge in [-0.15, -0.1) is 0 Å². The van der Waals surface area contributed by atoms with E-state index in [2.05, 4.69) is 26.7 Å². The van der Waals surface area contributed by atoms with E-state index in [1.54, 1.807) is 12.4 Å². The van der Waals surface area contributed by atoms with Gasteiger partial charge in [-0.3, -0.25) is 9.69 Å². The molecular weight excluding hydrogens is 342 g/mol. The van der Waals surface area contributed by atoms with E-state index in [9.17, 15) is 9.90 Å². The molecule has 2 saturated heterocycles. The molecule has 0 spiro atoms. The minimum absolute atomic E-state index is 0.215. The second kappa shape index (κ2) is 7.72. The van der Waals surface area contributed by atoms with E-state index >= 15 is 0 Å². The predicted octanol–water partition coefficient (Wildman–Crippen LogP) is 0.998. The van der Waals surface area contributed by atoms with Crippen LogP contribution in [0.15, 0.2) is 18.5 Å². The highest BCUT2D eigenvalue weighted by Gasteiger charge is 2.48. The number of carbonyl (C=O) groups excluding carboxylic acids is 1. The minimum Gasteiger partial charge on any atom is -0.390 e. The van der Waals surface area contributed by atoms with Crippen LogP contribution in [-0.2, 0) is 4.79 Å². The second-order valence-corrected chi connectivity index (χ2v) is 8.33. The summed E-state index contributed by atoms with van der Waals surface area (Å²) in [6, 6.07) is 1.83. The van der Waals surface area contributed by atoms with Gasteiger partial charge in [0.25, 0.3) is 0 Å². The maximum absolute atomic E-state index is 12.9. The van der Waals surface area contributed by atoms with Gasteiger partial charge >= 0.3 is 0 Å². The van der Waals surface area contributed by atoms with Crippen molar-refractivity contribution in [3.8, 4) is 0 Å². The van der Waals surface area contributed by atoms with E-state index < -0.39 is 5.60 Å². The fraction of sp³-hybridized carbons (Fsp3) is 0.750. The molecule has 1 amide bonds. The molecule has 1 N–H and O–H groups in total. The van der Waals surface area contributed by atoms with Crippen molar-refractivity contribution in [1.29, 1.82) is 0 Å². The van der Waals surface area contributed by atoms with Crippen molar-refractivity contribution in [3.63, 3.8) is 0 Å². The smallest absolute Gasteiger partial charge is 0.236 e. The monoisotopic (exact) mass is 373 g/mol. The summed E-state index contributed by atoms with van der Waals surface area (Å²) >= 11 is 0. The van der Waals surface area contributed by atoms with Crippen LogP contribution in [-0.4, -0.2) is 82.2 Å². The third-order valence-corrected chi connectivity index (χ3v) is 6.85. The van der Waals surface area contributed by atoms with Crippen molar-refractivity contribution >= 4 is 11.9 Å². The van der Waals surface area contributed by atoms with Crippen LogP contribution in [0, 0.1) is 11.8 Å². The third kappa shape index (κ3) is 3.80. The number of anilines is 1. The first-order chi connectivity index (χ1) is 13.1. The number of aliphatic hydroxyl groups is 1. The summed E-state index contributed by atoms with van der Waals surface area (Å²) in [5, 5.41) is 10.9. The average molecular weight is 374 g/mol. The van der Waals surface area contributed by atoms with Crippen molar-refractivity contribution in [2.45, 2.75) is 38.2 Å². The standard InChI is InChI=1S/C20H31N5O2/c1-2-20(27)6-3-5-16-13-25(14-17(16)20)18(26)15-23-9-11-24(12-10-23)19-21-7-4-8-22-19/h4,7-8,16-17,27H,2-3,5-6,9-15H2,1H3/t16-,17+,20-/m0/s1. The quantitative estimate of drug-likeness (QED) is 0.849. The molecular formula is C20H31N5O2. The first-order valence-electron chi connectivity index (χ1n) is 10.3. The Labute approximate surface area is 161 Å². The van der Waals surface area contributed by atoms with Crippen LogP contribution in [0.4, 0.5) is 5.95 Å². The number of hydrogen-bond acceptors (Lipinski definition) is 6. The lowest BCUT2D eigenvalue weighted by Gasteiger charge is -2.40. The summed E-state index contributed by atoms with van der Waals surface area (Å²) in [6.07, 6.45) is 7.44. The van der Waals surface area contributed by atoms with Gasteiger partial charge in [-0.1, -0.05) is 13.3 Å². The van der Waals surface area contributed by atoms with Gasteiger partial charge in [-0.05, 0) is 31.2 Å². The zero-order chi connectivity index (χ0) is 18.9. The van der Waals surface area contributed by atoms with Gasteiger partial charge in [0.15, 0.2) is 0 Å². The highest BCUT2D eigenvalue weighted by Crippen LogP contribution is 2.44. The molecule has 3 atom stereocenters. The predicted molar refractivity (Wildman–Crippen MR) is 103 cm³/mol. The van der Waals surface area contributed by atoms with E-state index in [1.165, 1.54) is 0 Å². The normalized spacial score (nSPS) is 31.8. The molecule has 1 aromatic rings. The Morgan fingerprint density at radius 2 is 1.96 bits per heavy atom. The van der Waals surface area contributed by atoms with Crippen LogP contribution in [0.3, 0.4) is 0 Å². The SMILES string of the molecule is CC[C@]1(O)CCC[C@H]2CN(C(=O)CN3CCN(c4ncccn4)CC3)C[C@H]21. The maximum atomic E-state index is 12.9. The van der Waals surface area contributed by atoms with Gasteiger partial charge in [0.2, 0.25) is 11.9 Å². The number of piperazine rings is 1. The molecule has 3 heterocycles. The largest absolute Gasteiger partial charge is 0.390 e. The molecule has 0 unspecified atom stereocenters. The molecule has 27 heavy (non-hydrogen) atoms. The Hall–Kier alpha value is -1.73. The van der Waals surface area contributed by atoms with Crippen LogP contribution < -0.4 is 4.90 Å². The number of likely N-dealkylation sites (tertiary alicyclic amines) is 1. The first-order valence-corrected chi connectivity index (χ1v) is 10.3. The summed E-state index contributed by atoms with van der Waals surface area (Å²) < 4.78 is 0. The van der Waals surface area contributed by atoms with Crippen molar-refractivity contribution in [1.82, 2.24) is 19.8 Å². The van der Waals surface area contributed by atoms with E-state index in [1.807, 2.05) is 11.0 Å². The third-order valence-electron chi connectivity index (χ3n) is 6.85. The van der Waals surface area contributed by atoms with Crippen LogP contribution in [0.25, 0.3) is 0 Å². The molecule has 3 aliphatic rings. The topological polar surface area (TPSA) is 72.8 Å². The molecule has 1 aromatic heterocycles. The molecule has 2 aliphatic heterocycles. The van der Waals surface area contributed by atoms with Gasteiger partial charge in [0.05, 0.1) is 12.1 Å². The first kappa shape index (κ1) is 18.6. The molecule has 4 rings (SSSR count). The van der Waals surface area contributed by atoms with E-state index in [0.717, 1.165) is 70.9 Å². The molecule has 1 aliphatic carbocycles. The summed E-state index contributed by atoms with van der Waals surface area (Å²) in [7, 11) is 0. The molecule has 7 heteroatoms. The zero-order valence-corrected chi connectivity index (χ0v) is 16.3. The number of nitrogens with zero attached hydrogens (tertiary/aromatic N) is 5. The molecule has 7 nitrogen and oxygen atoms in total. The highest BCUT2D eigenvalue weighted by atomic mass is 16.3. The van der Waals surface area contributed by atoms with Gasteiger partial charge in [0, 0.05) is 57.6 Å². The van der Waals surface area contributed by atoms with Gasteiger partial charge in [0.1, 0.15) is 0 Å². The Bertz CT molecular complexity index is 649. The maximum Gasteiger partial charge on any atom is 0.236 e. The van der Waals surface area contributed by atoms with Crippen molar-refractivity contribution in [2.75, 3.05) is 50.7 Å². The zero-order valence-electron chi connectivity index (χ0n) is 16.3. The molecule has 0 aromatic carbocycles. The molecule has 3 fully saturated rings. The van der Waals surface area contributed by atoms with Crippen LogP contribution >= 0.6 is 0 Å².